The van der Waals surface area contributed by atoms with Gasteiger partial charge in [0.25, 0.3) is 0 Å². The molecule has 0 saturated carbocycles. The van der Waals surface area contributed by atoms with Crippen LogP contribution in [-0.4, -0.2) is 71.7 Å². The normalized spacial score (nSPS) is 17.4. The minimum absolute atomic E-state index is 0.0154. The molecule has 0 spiro atoms. The van der Waals surface area contributed by atoms with E-state index >= 15 is 0 Å². The zero-order chi connectivity index (χ0) is 25.8. The van der Waals surface area contributed by atoms with Gasteiger partial charge in [0.05, 0.1) is 32.1 Å². The summed E-state index contributed by atoms with van der Waals surface area (Å²) in [5.74, 6) is -3.20. The van der Waals surface area contributed by atoms with E-state index in [0.29, 0.717) is 11.5 Å². The smallest absolute Gasteiger partial charge is 0.323 e. The molecule has 1 aliphatic rings. The van der Waals surface area contributed by atoms with E-state index in [1.165, 1.54) is 50.6 Å². The van der Waals surface area contributed by atoms with Crippen LogP contribution in [0.1, 0.15) is 29.3 Å². The molecule has 0 bridgehead atoms. The van der Waals surface area contributed by atoms with Crippen LogP contribution in [-0.2, 0) is 19.1 Å². The number of aliphatic hydroxyl groups is 1. The van der Waals surface area contributed by atoms with Gasteiger partial charge in [-0.1, -0.05) is 0 Å². The number of ether oxygens (including phenoxy) is 3. The van der Waals surface area contributed by atoms with E-state index in [0.717, 1.165) is 4.90 Å². The maximum Gasteiger partial charge on any atom is 0.323 e. The van der Waals surface area contributed by atoms with Crippen molar-refractivity contribution in [2.45, 2.75) is 19.1 Å². The zero-order valence-corrected chi connectivity index (χ0v) is 19.4. The molecular formula is C25H25NO9. The van der Waals surface area contributed by atoms with E-state index in [2.05, 4.69) is 0 Å². The number of ketones is 2. The first-order valence-electron chi connectivity index (χ1n) is 10.7. The number of rotatable bonds is 10. The summed E-state index contributed by atoms with van der Waals surface area (Å²) in [6, 6.07) is 12.1. The Morgan fingerprint density at radius 3 is 1.97 bits per heavy atom. The Morgan fingerprint density at radius 2 is 1.49 bits per heavy atom. The number of hydrogen-bond acceptors (Lipinski definition) is 9. The van der Waals surface area contributed by atoms with Crippen molar-refractivity contribution in [2.24, 2.45) is 0 Å². The SMILES string of the molecule is CCOC(=O)CC1(O)C(=O)C(C(=O)c2ccc(OC)cc2)=C(c2ccc(OC)cc2)N1CC(=O)O. The first-order valence-corrected chi connectivity index (χ1v) is 10.7. The van der Waals surface area contributed by atoms with Gasteiger partial charge in [0, 0.05) is 5.56 Å². The Kier molecular flexibility index (Phi) is 7.55. The molecule has 0 amide bonds. The molecule has 0 aliphatic carbocycles. The number of carboxylic acid groups (broad SMARTS) is 1. The predicted molar refractivity (Wildman–Crippen MR) is 123 cm³/mol. The molecule has 0 radical (unpaired) electrons. The first-order chi connectivity index (χ1) is 16.7. The molecular weight excluding hydrogens is 458 g/mol. The molecule has 0 fully saturated rings. The number of esters is 1. The van der Waals surface area contributed by atoms with Gasteiger partial charge in [-0.25, -0.2) is 0 Å². The zero-order valence-electron chi connectivity index (χ0n) is 19.4. The van der Waals surface area contributed by atoms with Crippen molar-refractivity contribution in [3.05, 3.63) is 65.2 Å². The Hall–Kier alpha value is -4.18. The predicted octanol–water partition coefficient (Wildman–Crippen LogP) is 1.91. The third-order valence-electron chi connectivity index (χ3n) is 5.48. The van der Waals surface area contributed by atoms with Crippen molar-refractivity contribution < 1.29 is 43.6 Å². The van der Waals surface area contributed by atoms with Gasteiger partial charge >= 0.3 is 11.9 Å². The Bertz CT molecular complexity index is 1170. The van der Waals surface area contributed by atoms with E-state index in [-0.39, 0.29) is 23.4 Å². The third kappa shape index (κ3) is 5.02. The highest BCUT2D eigenvalue weighted by molar-refractivity contribution is 6.34. The summed E-state index contributed by atoms with van der Waals surface area (Å²) >= 11 is 0. The van der Waals surface area contributed by atoms with Crippen molar-refractivity contribution in [1.82, 2.24) is 4.90 Å². The number of methoxy groups -OCH3 is 2. The van der Waals surface area contributed by atoms with Crippen LogP contribution in [0.25, 0.3) is 5.70 Å². The molecule has 2 N–H and O–H groups in total. The number of nitrogens with zero attached hydrogens (tertiary/aromatic N) is 1. The van der Waals surface area contributed by atoms with E-state index in [1.54, 1.807) is 19.1 Å². The molecule has 10 nitrogen and oxygen atoms in total. The number of hydrogen-bond donors (Lipinski definition) is 2. The maximum atomic E-state index is 13.6. The molecule has 184 valence electrons. The summed E-state index contributed by atoms with van der Waals surface area (Å²) in [5, 5.41) is 21.0. The molecule has 10 heteroatoms. The summed E-state index contributed by atoms with van der Waals surface area (Å²) in [7, 11) is 2.92. The standard InChI is InChI=1S/C25H25NO9/c1-4-35-20(29)13-25(32)24(31)21(23(30)16-7-11-18(34-3)12-8-16)22(26(25)14-19(27)28)15-5-9-17(33-2)10-6-15/h5-12,32H,4,13-14H2,1-3H3,(H,27,28). The highest BCUT2D eigenvalue weighted by Crippen LogP contribution is 2.42. The maximum absolute atomic E-state index is 13.6. The molecule has 0 aromatic heterocycles. The molecule has 2 aromatic carbocycles. The minimum Gasteiger partial charge on any atom is -0.497 e. The fraction of sp³-hybridized carbons (Fsp3) is 0.280. The van der Waals surface area contributed by atoms with Gasteiger partial charge in [-0.15, -0.1) is 0 Å². The van der Waals surface area contributed by atoms with Gasteiger partial charge in [-0.05, 0) is 61.0 Å². The van der Waals surface area contributed by atoms with Crippen LogP contribution in [0.4, 0.5) is 0 Å². The summed E-state index contributed by atoms with van der Waals surface area (Å²) in [6.07, 6.45) is -0.869. The highest BCUT2D eigenvalue weighted by Gasteiger charge is 2.55. The van der Waals surface area contributed by atoms with Crippen LogP contribution in [0.15, 0.2) is 54.1 Å². The summed E-state index contributed by atoms with van der Waals surface area (Å²) in [5.41, 5.74) is -2.83. The number of Topliss-reactive ketones (excluding diaryl/α,β-unsaturated/α-hetero) is 2. The number of carbonyl (C=O) groups is 4. The number of carbonyl (C=O) groups excluding carboxylic acids is 3. The van der Waals surface area contributed by atoms with E-state index in [4.69, 9.17) is 14.2 Å². The quantitative estimate of drug-likeness (QED) is 0.293. The fourth-order valence-electron chi connectivity index (χ4n) is 3.83. The Morgan fingerprint density at radius 1 is 0.943 bits per heavy atom. The van der Waals surface area contributed by atoms with Crippen LogP contribution in [0, 0.1) is 0 Å². The van der Waals surface area contributed by atoms with Gasteiger partial charge in [0.15, 0.2) is 5.78 Å². The van der Waals surface area contributed by atoms with Crippen LogP contribution in [0.2, 0.25) is 0 Å². The van der Waals surface area contributed by atoms with Crippen molar-refractivity contribution in [1.29, 1.82) is 0 Å². The molecule has 2 aromatic rings. The molecule has 3 rings (SSSR count). The lowest BCUT2D eigenvalue weighted by Crippen LogP contribution is -2.52. The summed E-state index contributed by atoms with van der Waals surface area (Å²) in [4.78, 5) is 52.0. The van der Waals surface area contributed by atoms with Gasteiger partial charge in [0.2, 0.25) is 11.5 Å². The minimum atomic E-state index is -2.64. The lowest BCUT2D eigenvalue weighted by Gasteiger charge is -2.34. The average Bonchev–Trinajstić information content (AvgIpc) is 3.05. The van der Waals surface area contributed by atoms with Gasteiger partial charge in [-0.2, -0.15) is 0 Å². The second-order valence-electron chi connectivity index (χ2n) is 7.62. The topological polar surface area (TPSA) is 140 Å². The average molecular weight is 483 g/mol. The van der Waals surface area contributed by atoms with Crippen molar-refractivity contribution in [3.63, 3.8) is 0 Å². The van der Waals surface area contributed by atoms with E-state index in [1.807, 2.05) is 0 Å². The molecule has 1 aliphatic heterocycles. The molecule has 0 saturated heterocycles. The number of carboxylic acids is 1. The largest absolute Gasteiger partial charge is 0.497 e. The van der Waals surface area contributed by atoms with Crippen LogP contribution < -0.4 is 9.47 Å². The van der Waals surface area contributed by atoms with E-state index in [9.17, 15) is 29.4 Å². The van der Waals surface area contributed by atoms with Gasteiger partial charge in [-0.3, -0.25) is 19.2 Å². The lowest BCUT2D eigenvalue weighted by molar-refractivity contribution is -0.166. The summed E-state index contributed by atoms with van der Waals surface area (Å²) in [6.45, 7) is 0.675. The van der Waals surface area contributed by atoms with Crippen molar-refractivity contribution in [2.75, 3.05) is 27.4 Å². The molecule has 35 heavy (non-hydrogen) atoms. The molecule has 1 unspecified atom stereocenters. The van der Waals surface area contributed by atoms with Gasteiger partial charge < -0.3 is 29.3 Å². The van der Waals surface area contributed by atoms with Gasteiger partial charge in [0.1, 0.15) is 24.5 Å². The van der Waals surface area contributed by atoms with E-state index < -0.39 is 47.8 Å². The summed E-state index contributed by atoms with van der Waals surface area (Å²) < 4.78 is 15.1. The molecule has 1 atom stereocenters. The molecule has 1 heterocycles. The number of benzene rings is 2. The van der Waals surface area contributed by atoms with Crippen LogP contribution in [0.3, 0.4) is 0 Å². The Balaban J connectivity index is 2.23. The third-order valence-corrected chi connectivity index (χ3v) is 5.48. The highest BCUT2D eigenvalue weighted by atomic mass is 16.5. The van der Waals surface area contributed by atoms with Crippen LogP contribution >= 0.6 is 0 Å². The lowest BCUT2D eigenvalue weighted by atomic mass is 9.93. The second kappa shape index (κ2) is 10.4. The number of aliphatic carboxylic acids is 1. The van der Waals surface area contributed by atoms with Crippen molar-refractivity contribution in [3.8, 4) is 11.5 Å². The van der Waals surface area contributed by atoms with Crippen molar-refractivity contribution >= 4 is 29.2 Å². The second-order valence-corrected chi connectivity index (χ2v) is 7.62. The monoisotopic (exact) mass is 483 g/mol. The first kappa shape index (κ1) is 25.4. The fourth-order valence-corrected chi connectivity index (χ4v) is 3.83. The van der Waals surface area contributed by atoms with Crippen LogP contribution in [0.5, 0.6) is 11.5 Å². The Labute approximate surface area is 201 Å².